The average Bonchev–Trinajstić information content (AvgIpc) is 3.68. The highest BCUT2D eigenvalue weighted by Crippen LogP contribution is 2.27. The summed E-state index contributed by atoms with van der Waals surface area (Å²) >= 11 is 0. The van der Waals surface area contributed by atoms with Crippen LogP contribution in [0.25, 0.3) is 16.9 Å². The van der Waals surface area contributed by atoms with Gasteiger partial charge in [-0.3, -0.25) is 19.5 Å². The van der Waals surface area contributed by atoms with E-state index in [0.29, 0.717) is 36.1 Å². The standard InChI is InChI=1S/C33H36N4O5/c1-22-10-13-26(17-23(22)2)37-20-30(24-11-14-27(40-3)15-12-24)34-33(37)35-31(38)21-36(19-29-9-6-16-42-29)32(39)25-7-5-8-28(18-25)41-4/h5,7-8,10-15,17-18,20,29H,6,9,16,19,21H2,1-4H3,(H,34,35,38)/t29-/m0/s1. The number of imidazole rings is 1. The van der Waals surface area contributed by atoms with Crippen molar-refractivity contribution in [2.24, 2.45) is 0 Å². The Hall–Kier alpha value is -4.63. The number of rotatable bonds is 10. The van der Waals surface area contributed by atoms with E-state index in [1.165, 1.54) is 10.5 Å². The van der Waals surface area contributed by atoms with Gasteiger partial charge in [0.1, 0.15) is 18.0 Å². The Kier molecular flexibility index (Phi) is 8.88. The largest absolute Gasteiger partial charge is 0.497 e. The van der Waals surface area contributed by atoms with Crippen LogP contribution in [0.1, 0.15) is 34.3 Å². The highest BCUT2D eigenvalue weighted by atomic mass is 16.5. The number of amides is 2. The molecule has 0 radical (unpaired) electrons. The van der Waals surface area contributed by atoms with Crippen molar-refractivity contribution in [1.29, 1.82) is 0 Å². The number of benzene rings is 3. The molecule has 3 aromatic carbocycles. The van der Waals surface area contributed by atoms with Crippen LogP contribution in [0.4, 0.5) is 5.95 Å². The third-order valence-electron chi connectivity index (χ3n) is 7.50. The molecule has 5 rings (SSSR count). The van der Waals surface area contributed by atoms with Gasteiger partial charge in [0.15, 0.2) is 0 Å². The summed E-state index contributed by atoms with van der Waals surface area (Å²) in [6.45, 7) is 4.91. The van der Waals surface area contributed by atoms with E-state index < -0.39 is 0 Å². The summed E-state index contributed by atoms with van der Waals surface area (Å²) in [7, 11) is 3.18. The summed E-state index contributed by atoms with van der Waals surface area (Å²) in [6, 6.07) is 20.6. The van der Waals surface area contributed by atoms with E-state index in [0.717, 1.165) is 35.4 Å². The summed E-state index contributed by atoms with van der Waals surface area (Å²) in [5, 5.41) is 2.97. The zero-order valence-electron chi connectivity index (χ0n) is 24.4. The Labute approximate surface area is 246 Å². The quantitative estimate of drug-likeness (QED) is 0.274. The number of ether oxygens (including phenoxy) is 3. The SMILES string of the molecule is COc1ccc(-c2cn(-c3ccc(C)c(C)c3)c(NC(=O)CN(C[C@@H]3CCCO3)C(=O)c3cccc(OC)c3)n2)cc1. The summed E-state index contributed by atoms with van der Waals surface area (Å²) in [4.78, 5) is 33.5. The van der Waals surface area contributed by atoms with Crippen molar-refractivity contribution in [3.8, 4) is 28.4 Å². The second-order valence-electron chi connectivity index (χ2n) is 10.4. The number of anilines is 1. The number of aryl methyl sites for hydroxylation is 2. The van der Waals surface area contributed by atoms with Crippen LogP contribution in [0.15, 0.2) is 72.9 Å². The van der Waals surface area contributed by atoms with Gasteiger partial charge in [0.05, 0.1) is 26.0 Å². The Morgan fingerprint density at radius 3 is 2.48 bits per heavy atom. The van der Waals surface area contributed by atoms with Crippen molar-refractivity contribution in [3.63, 3.8) is 0 Å². The average molecular weight is 569 g/mol. The van der Waals surface area contributed by atoms with Crippen LogP contribution in [0.5, 0.6) is 11.5 Å². The molecular formula is C33H36N4O5. The zero-order valence-corrected chi connectivity index (χ0v) is 24.4. The molecule has 2 amide bonds. The van der Waals surface area contributed by atoms with Gasteiger partial charge in [-0.1, -0.05) is 12.1 Å². The highest BCUT2D eigenvalue weighted by molar-refractivity contribution is 5.99. The summed E-state index contributed by atoms with van der Waals surface area (Å²) in [6.07, 6.45) is 3.55. The van der Waals surface area contributed by atoms with Gasteiger partial charge in [-0.2, -0.15) is 0 Å². The molecule has 218 valence electrons. The van der Waals surface area contributed by atoms with Gasteiger partial charge in [-0.05, 0) is 92.4 Å². The molecular weight excluding hydrogens is 532 g/mol. The molecule has 42 heavy (non-hydrogen) atoms. The van der Waals surface area contributed by atoms with Crippen LogP contribution in [-0.4, -0.2) is 66.3 Å². The maximum Gasteiger partial charge on any atom is 0.254 e. The maximum atomic E-state index is 13.6. The monoisotopic (exact) mass is 568 g/mol. The Morgan fingerprint density at radius 2 is 1.79 bits per heavy atom. The molecule has 2 heterocycles. The first-order chi connectivity index (χ1) is 20.3. The van der Waals surface area contributed by atoms with E-state index in [-0.39, 0.29) is 24.5 Å². The Balaban J connectivity index is 1.43. The van der Waals surface area contributed by atoms with E-state index >= 15 is 0 Å². The number of hydrogen-bond donors (Lipinski definition) is 1. The molecule has 1 saturated heterocycles. The van der Waals surface area contributed by atoms with E-state index in [2.05, 4.69) is 18.3 Å². The molecule has 1 aromatic heterocycles. The number of nitrogens with one attached hydrogen (secondary N) is 1. The third-order valence-corrected chi connectivity index (χ3v) is 7.50. The Morgan fingerprint density at radius 1 is 1.00 bits per heavy atom. The maximum absolute atomic E-state index is 13.6. The van der Waals surface area contributed by atoms with E-state index in [1.54, 1.807) is 38.5 Å². The van der Waals surface area contributed by atoms with Gasteiger partial charge in [0.2, 0.25) is 11.9 Å². The van der Waals surface area contributed by atoms with Crippen LogP contribution in [-0.2, 0) is 9.53 Å². The van der Waals surface area contributed by atoms with Gasteiger partial charge in [-0.25, -0.2) is 4.98 Å². The molecule has 1 N–H and O–H groups in total. The third kappa shape index (κ3) is 6.63. The molecule has 0 aliphatic carbocycles. The highest BCUT2D eigenvalue weighted by Gasteiger charge is 2.26. The fourth-order valence-electron chi connectivity index (χ4n) is 4.97. The van der Waals surface area contributed by atoms with Gasteiger partial charge >= 0.3 is 0 Å². The molecule has 1 atom stereocenters. The van der Waals surface area contributed by atoms with Gasteiger partial charge in [0, 0.05) is 36.2 Å². The molecule has 1 aliphatic rings. The van der Waals surface area contributed by atoms with Gasteiger partial charge in [-0.15, -0.1) is 0 Å². The first kappa shape index (κ1) is 28.9. The van der Waals surface area contributed by atoms with Crippen molar-refractivity contribution >= 4 is 17.8 Å². The molecule has 1 fully saturated rings. The topological polar surface area (TPSA) is 94.9 Å². The first-order valence-electron chi connectivity index (χ1n) is 14.0. The number of aromatic nitrogens is 2. The van der Waals surface area contributed by atoms with Crippen LogP contribution in [0.3, 0.4) is 0 Å². The molecule has 9 heteroatoms. The number of carbonyl (C=O) groups excluding carboxylic acids is 2. The van der Waals surface area contributed by atoms with Crippen molar-refractivity contribution in [1.82, 2.24) is 14.5 Å². The minimum atomic E-state index is -0.360. The normalized spacial score (nSPS) is 14.4. The lowest BCUT2D eigenvalue weighted by Crippen LogP contribution is -2.42. The van der Waals surface area contributed by atoms with Crippen molar-refractivity contribution in [3.05, 3.63) is 89.6 Å². The molecule has 4 aromatic rings. The van der Waals surface area contributed by atoms with E-state index in [1.807, 2.05) is 54.1 Å². The zero-order chi connectivity index (χ0) is 29.6. The lowest BCUT2D eigenvalue weighted by molar-refractivity contribution is -0.117. The van der Waals surface area contributed by atoms with E-state index in [9.17, 15) is 9.59 Å². The molecule has 1 aliphatic heterocycles. The molecule has 0 saturated carbocycles. The summed E-state index contributed by atoms with van der Waals surface area (Å²) in [5.74, 6) is 1.05. The van der Waals surface area contributed by atoms with Crippen molar-refractivity contribution in [2.45, 2.75) is 32.8 Å². The number of hydrogen-bond acceptors (Lipinski definition) is 6. The number of nitrogens with zero attached hydrogens (tertiary/aromatic N) is 3. The second-order valence-corrected chi connectivity index (χ2v) is 10.4. The number of carbonyl (C=O) groups is 2. The van der Waals surface area contributed by atoms with Crippen LogP contribution in [0.2, 0.25) is 0 Å². The van der Waals surface area contributed by atoms with Crippen LogP contribution >= 0.6 is 0 Å². The molecule has 0 bridgehead atoms. The van der Waals surface area contributed by atoms with E-state index in [4.69, 9.17) is 19.2 Å². The smallest absolute Gasteiger partial charge is 0.254 e. The molecule has 9 nitrogen and oxygen atoms in total. The Bertz CT molecular complexity index is 1560. The summed E-state index contributed by atoms with van der Waals surface area (Å²) in [5.41, 5.74) is 5.16. The van der Waals surface area contributed by atoms with Crippen molar-refractivity contribution in [2.75, 3.05) is 39.2 Å². The van der Waals surface area contributed by atoms with Crippen molar-refractivity contribution < 1.29 is 23.8 Å². The predicted octanol–water partition coefficient (Wildman–Crippen LogP) is 5.43. The predicted molar refractivity (Wildman–Crippen MR) is 162 cm³/mol. The molecule has 0 unspecified atom stereocenters. The second kappa shape index (κ2) is 12.9. The minimum Gasteiger partial charge on any atom is -0.497 e. The minimum absolute atomic E-state index is 0.119. The van der Waals surface area contributed by atoms with Crippen LogP contribution < -0.4 is 14.8 Å². The lowest BCUT2D eigenvalue weighted by atomic mass is 10.1. The van der Waals surface area contributed by atoms with Gasteiger partial charge < -0.3 is 19.1 Å². The lowest BCUT2D eigenvalue weighted by Gasteiger charge is -2.25. The van der Waals surface area contributed by atoms with Crippen LogP contribution in [0, 0.1) is 13.8 Å². The summed E-state index contributed by atoms with van der Waals surface area (Å²) < 4.78 is 18.3. The number of methoxy groups -OCH3 is 2. The fourth-order valence-corrected chi connectivity index (χ4v) is 4.97. The fraction of sp³-hybridized carbons (Fsp3) is 0.303. The molecule has 0 spiro atoms. The first-order valence-corrected chi connectivity index (χ1v) is 14.0. The van der Waals surface area contributed by atoms with Gasteiger partial charge in [0.25, 0.3) is 5.91 Å².